The van der Waals surface area contributed by atoms with Crippen LogP contribution < -0.4 is 0 Å². The molecule has 0 aromatic carbocycles. The summed E-state index contributed by atoms with van der Waals surface area (Å²) in [5.74, 6) is 0. The van der Waals surface area contributed by atoms with Crippen LogP contribution in [0, 0.1) is 0 Å². The van der Waals surface area contributed by atoms with Gasteiger partial charge in [-0.15, -0.1) is 0 Å². The van der Waals surface area contributed by atoms with Crippen LogP contribution in [0.15, 0.2) is 0 Å². The zero-order chi connectivity index (χ0) is 0. The summed E-state index contributed by atoms with van der Waals surface area (Å²) in [4.78, 5) is 0. The second-order valence-electron chi connectivity index (χ2n) is 0. The van der Waals surface area contributed by atoms with Gasteiger partial charge in [0.05, 0.1) is 0 Å². The van der Waals surface area contributed by atoms with Crippen LogP contribution in [0.3, 0.4) is 0 Å². The van der Waals surface area contributed by atoms with Gasteiger partial charge >= 0.3 is 0 Å². The van der Waals surface area contributed by atoms with Crippen LogP contribution >= 0.6 is 0 Å². The normalized spacial score (nSPS) is 0. The van der Waals surface area contributed by atoms with E-state index in [1.165, 1.54) is 0 Å². The van der Waals surface area contributed by atoms with Gasteiger partial charge in [-0.1, -0.05) is 0 Å². The second-order valence-corrected chi connectivity index (χ2v) is 0. The van der Waals surface area contributed by atoms with Crippen molar-refractivity contribution in [3.63, 3.8) is 0 Å². The molecule has 0 spiro atoms. The fraction of sp³-hybridized carbons (Fsp3) is 0. The Morgan fingerprint density at radius 3 is 1.00 bits per heavy atom. The van der Waals surface area contributed by atoms with Gasteiger partial charge in [-0.05, 0) is 0 Å². The van der Waals surface area contributed by atoms with Gasteiger partial charge in [-0.3, -0.25) is 0 Å². The van der Waals surface area contributed by atoms with Crippen LogP contribution in [-0.2, 0) is 61.7 Å². The molecule has 0 unspecified atom stereocenters. The standard InChI is InChI=1S/Cd.Cr.Cu.Pb. The molecule has 23 valence electrons. The third-order valence-corrected chi connectivity index (χ3v) is 0. The molecule has 0 rings (SSSR count). The summed E-state index contributed by atoms with van der Waals surface area (Å²) in [6, 6.07) is 0. The van der Waals surface area contributed by atoms with Crippen LogP contribution in [-0.4, -0.2) is 27.3 Å². The van der Waals surface area contributed by atoms with Gasteiger partial charge < -0.3 is 0 Å². The predicted octanol–water partition coefficient (Wildman–Crippen LogP) is -0.388. The molecule has 0 aromatic rings. The van der Waals surface area contributed by atoms with Crippen molar-refractivity contribution in [2.24, 2.45) is 0 Å². The minimum absolute atomic E-state index is 0. The molecule has 4 heteroatoms. The minimum Gasteiger partial charge on any atom is 0 e. The first-order valence-electron chi connectivity index (χ1n) is 0. The Morgan fingerprint density at radius 1 is 1.00 bits per heavy atom. The van der Waals surface area contributed by atoms with Crippen molar-refractivity contribution >= 4 is 27.3 Å². The van der Waals surface area contributed by atoms with E-state index < -0.39 is 0 Å². The smallest absolute Gasteiger partial charge is 0 e. The summed E-state index contributed by atoms with van der Waals surface area (Å²) in [5, 5.41) is 0. The molecule has 0 heterocycles. The van der Waals surface area contributed by atoms with Crippen LogP contribution in [0.1, 0.15) is 0 Å². The molecule has 0 bridgehead atoms. The van der Waals surface area contributed by atoms with Gasteiger partial charge in [0, 0.05) is 89.0 Å². The number of hydrogen-bond acceptors (Lipinski definition) is 0. The SMILES string of the molecule is [Cd].[Cr].[Cu].[Pb]. The quantitative estimate of drug-likeness (QED) is 0.455. The summed E-state index contributed by atoms with van der Waals surface area (Å²) >= 11 is 0. The molecule has 0 nitrogen and oxygen atoms in total. The first-order valence-corrected chi connectivity index (χ1v) is 0. The predicted molar refractivity (Wildman–Crippen MR) is 5.75 cm³/mol. The van der Waals surface area contributed by atoms with Crippen molar-refractivity contribution < 1.29 is 61.7 Å². The monoisotopic (exact) mass is 437 g/mol. The number of hydrogen-bond donors (Lipinski definition) is 0. The number of rotatable bonds is 0. The maximum absolute atomic E-state index is 0. The Labute approximate surface area is 87.4 Å². The van der Waals surface area contributed by atoms with Gasteiger partial charge in [0.1, 0.15) is 0 Å². The topological polar surface area (TPSA) is 0 Å². The fourth-order valence-corrected chi connectivity index (χ4v) is 0. The maximum atomic E-state index is 0. The molecule has 0 saturated heterocycles. The molecule has 5 radical (unpaired) electrons. The summed E-state index contributed by atoms with van der Waals surface area (Å²) in [5.41, 5.74) is 0. The fourth-order valence-electron chi connectivity index (χ4n) is 0. The summed E-state index contributed by atoms with van der Waals surface area (Å²) in [6.45, 7) is 0. The molecule has 0 amide bonds. The van der Waals surface area contributed by atoms with Gasteiger partial charge in [0.25, 0.3) is 0 Å². The van der Waals surface area contributed by atoms with E-state index in [1.807, 2.05) is 0 Å². The molecule has 0 atom stereocenters. The van der Waals surface area contributed by atoms with E-state index in [1.54, 1.807) is 0 Å². The largest absolute Gasteiger partial charge is 0 e. The maximum Gasteiger partial charge on any atom is 0 e. The Bertz CT molecular complexity index is 8.00. The van der Waals surface area contributed by atoms with Crippen LogP contribution in [0.5, 0.6) is 0 Å². The average molecular weight is 435 g/mol. The molecule has 0 aliphatic rings. The van der Waals surface area contributed by atoms with Crippen LogP contribution in [0.25, 0.3) is 0 Å². The molecular weight excluding hydrogens is 435 g/mol. The van der Waals surface area contributed by atoms with E-state index in [9.17, 15) is 0 Å². The Morgan fingerprint density at radius 2 is 1.00 bits per heavy atom. The first kappa shape index (κ1) is 28.6. The van der Waals surface area contributed by atoms with E-state index in [4.69, 9.17) is 0 Å². The third-order valence-electron chi connectivity index (χ3n) is 0. The van der Waals surface area contributed by atoms with Crippen molar-refractivity contribution in [1.29, 1.82) is 0 Å². The summed E-state index contributed by atoms with van der Waals surface area (Å²) in [6.07, 6.45) is 0. The molecule has 0 aliphatic heterocycles. The molecule has 0 N–H and O–H groups in total. The Hall–Kier alpha value is 2.90. The van der Waals surface area contributed by atoms with E-state index in [0.717, 1.165) is 0 Å². The Balaban J connectivity index is 0. The van der Waals surface area contributed by atoms with Crippen molar-refractivity contribution in [1.82, 2.24) is 0 Å². The van der Waals surface area contributed by atoms with E-state index in [0.29, 0.717) is 0 Å². The van der Waals surface area contributed by atoms with Gasteiger partial charge in [-0.25, -0.2) is 0 Å². The molecule has 0 aromatic heterocycles. The van der Waals surface area contributed by atoms with E-state index in [-0.39, 0.29) is 89.0 Å². The van der Waals surface area contributed by atoms with Crippen molar-refractivity contribution in [3.8, 4) is 0 Å². The molecule has 4 heavy (non-hydrogen) atoms. The van der Waals surface area contributed by atoms with Gasteiger partial charge in [-0.2, -0.15) is 0 Å². The van der Waals surface area contributed by atoms with E-state index in [2.05, 4.69) is 0 Å². The Kier molecular flexibility index (Phi) is 120. The zero-order valence-corrected chi connectivity index (χ0v) is 12.1. The molecule has 0 saturated carbocycles. The van der Waals surface area contributed by atoms with Crippen LogP contribution in [0.2, 0.25) is 0 Å². The molecule has 0 fully saturated rings. The molecular formula is CdCrCuPb. The third kappa shape index (κ3) is 8.86. The van der Waals surface area contributed by atoms with Crippen molar-refractivity contribution in [2.75, 3.05) is 0 Å². The summed E-state index contributed by atoms with van der Waals surface area (Å²) < 4.78 is 0. The zero-order valence-electron chi connectivity index (χ0n) is 1.92. The minimum atomic E-state index is 0. The second kappa shape index (κ2) is 16.9. The van der Waals surface area contributed by atoms with Gasteiger partial charge in [0.15, 0.2) is 0 Å². The van der Waals surface area contributed by atoms with Crippen molar-refractivity contribution in [3.05, 3.63) is 0 Å². The average Bonchev–Trinajstić information content (AvgIpc) is 0. The van der Waals surface area contributed by atoms with Crippen molar-refractivity contribution in [2.45, 2.75) is 0 Å². The summed E-state index contributed by atoms with van der Waals surface area (Å²) in [7, 11) is 0. The van der Waals surface area contributed by atoms with Crippen LogP contribution in [0.4, 0.5) is 0 Å². The first-order chi connectivity index (χ1) is 0. The van der Waals surface area contributed by atoms with Gasteiger partial charge in [0.2, 0.25) is 0 Å². The molecule has 0 aliphatic carbocycles. The van der Waals surface area contributed by atoms with E-state index >= 15 is 0 Å².